The SMILES string of the molecule is CN(Cc1cn(-c2ccccc2)nc1-c1ccccc1)C[C@H]1CCCCO1. The van der Waals surface area contributed by atoms with Crippen LogP contribution in [0.5, 0.6) is 0 Å². The Morgan fingerprint density at radius 1 is 1.04 bits per heavy atom. The topological polar surface area (TPSA) is 30.3 Å². The molecule has 1 saturated heterocycles. The average molecular weight is 361 g/mol. The van der Waals surface area contributed by atoms with Gasteiger partial charge in [-0.15, -0.1) is 0 Å². The third-order valence-corrected chi connectivity index (χ3v) is 5.09. The first-order valence-electron chi connectivity index (χ1n) is 9.79. The van der Waals surface area contributed by atoms with E-state index in [2.05, 4.69) is 54.5 Å². The second-order valence-electron chi connectivity index (χ2n) is 7.33. The fourth-order valence-electron chi connectivity index (χ4n) is 3.73. The zero-order valence-electron chi connectivity index (χ0n) is 15.9. The number of hydrogen-bond donors (Lipinski definition) is 0. The van der Waals surface area contributed by atoms with E-state index in [9.17, 15) is 0 Å². The fourth-order valence-corrected chi connectivity index (χ4v) is 3.73. The molecule has 2 heterocycles. The van der Waals surface area contributed by atoms with Crippen LogP contribution in [0.15, 0.2) is 66.9 Å². The van der Waals surface area contributed by atoms with Gasteiger partial charge < -0.3 is 4.74 Å². The molecule has 0 bridgehead atoms. The van der Waals surface area contributed by atoms with Gasteiger partial charge in [0.1, 0.15) is 0 Å². The molecule has 27 heavy (non-hydrogen) atoms. The highest BCUT2D eigenvalue weighted by Crippen LogP contribution is 2.25. The number of hydrogen-bond acceptors (Lipinski definition) is 3. The van der Waals surface area contributed by atoms with Gasteiger partial charge in [0.15, 0.2) is 0 Å². The minimum Gasteiger partial charge on any atom is -0.377 e. The molecule has 0 aliphatic carbocycles. The van der Waals surface area contributed by atoms with Gasteiger partial charge in [-0.2, -0.15) is 5.10 Å². The van der Waals surface area contributed by atoms with Gasteiger partial charge in [0.2, 0.25) is 0 Å². The van der Waals surface area contributed by atoms with Gasteiger partial charge in [0.05, 0.1) is 17.5 Å². The van der Waals surface area contributed by atoms with Crippen molar-refractivity contribution in [2.24, 2.45) is 0 Å². The number of ether oxygens (including phenoxy) is 1. The standard InChI is InChI=1S/C23H27N3O/c1-25(18-22-14-8-9-15-27-22)16-20-17-26(21-12-6-3-7-13-21)24-23(20)19-10-4-2-5-11-19/h2-7,10-13,17,22H,8-9,14-16,18H2,1H3/t22-/m1/s1. The first-order chi connectivity index (χ1) is 13.3. The van der Waals surface area contributed by atoms with Gasteiger partial charge >= 0.3 is 0 Å². The quantitative estimate of drug-likeness (QED) is 0.646. The van der Waals surface area contributed by atoms with E-state index in [-0.39, 0.29) is 0 Å². The highest BCUT2D eigenvalue weighted by Gasteiger charge is 2.18. The van der Waals surface area contributed by atoms with Crippen LogP contribution < -0.4 is 0 Å². The molecule has 1 atom stereocenters. The lowest BCUT2D eigenvalue weighted by atomic mass is 10.1. The molecule has 1 aliphatic rings. The Balaban J connectivity index is 1.59. The molecule has 0 unspecified atom stereocenters. The normalized spacial score (nSPS) is 17.3. The van der Waals surface area contributed by atoms with Crippen LogP contribution in [0, 0.1) is 0 Å². The number of likely N-dealkylation sites (N-methyl/N-ethyl adjacent to an activating group) is 1. The van der Waals surface area contributed by atoms with Crippen molar-refractivity contribution in [1.29, 1.82) is 0 Å². The molecule has 0 N–H and O–H groups in total. The van der Waals surface area contributed by atoms with Crippen LogP contribution in [-0.2, 0) is 11.3 Å². The Bertz CT molecular complexity index is 839. The summed E-state index contributed by atoms with van der Waals surface area (Å²) in [6.07, 6.45) is 6.16. The summed E-state index contributed by atoms with van der Waals surface area (Å²) in [7, 11) is 2.17. The van der Waals surface area contributed by atoms with Crippen molar-refractivity contribution in [2.75, 3.05) is 20.2 Å². The van der Waals surface area contributed by atoms with Crippen LogP contribution in [0.3, 0.4) is 0 Å². The van der Waals surface area contributed by atoms with Gasteiger partial charge in [-0.1, -0.05) is 48.5 Å². The Labute approximate surface area is 161 Å². The molecule has 1 fully saturated rings. The number of aromatic nitrogens is 2. The highest BCUT2D eigenvalue weighted by molar-refractivity contribution is 5.63. The zero-order valence-corrected chi connectivity index (χ0v) is 15.9. The summed E-state index contributed by atoms with van der Waals surface area (Å²) in [5.41, 5.74) is 4.53. The summed E-state index contributed by atoms with van der Waals surface area (Å²) < 4.78 is 7.90. The highest BCUT2D eigenvalue weighted by atomic mass is 16.5. The third-order valence-electron chi connectivity index (χ3n) is 5.09. The van der Waals surface area contributed by atoms with Gasteiger partial charge in [-0.25, -0.2) is 4.68 Å². The van der Waals surface area contributed by atoms with Gasteiger partial charge in [-0.05, 0) is 38.4 Å². The van der Waals surface area contributed by atoms with Crippen molar-refractivity contribution < 1.29 is 4.74 Å². The molecule has 2 aromatic carbocycles. The Morgan fingerprint density at radius 2 is 1.78 bits per heavy atom. The average Bonchev–Trinajstić information content (AvgIpc) is 3.14. The minimum absolute atomic E-state index is 0.355. The van der Waals surface area contributed by atoms with Crippen molar-refractivity contribution in [3.63, 3.8) is 0 Å². The zero-order chi connectivity index (χ0) is 18.5. The lowest BCUT2D eigenvalue weighted by Crippen LogP contribution is -2.33. The summed E-state index contributed by atoms with van der Waals surface area (Å²) in [6.45, 7) is 2.72. The van der Waals surface area contributed by atoms with Crippen LogP contribution in [0.2, 0.25) is 0 Å². The van der Waals surface area contributed by atoms with Crippen LogP contribution in [0.25, 0.3) is 16.9 Å². The van der Waals surface area contributed by atoms with Crippen LogP contribution >= 0.6 is 0 Å². The van der Waals surface area contributed by atoms with E-state index in [1.165, 1.54) is 24.8 Å². The molecule has 0 spiro atoms. The van der Waals surface area contributed by atoms with Crippen molar-refractivity contribution in [3.05, 3.63) is 72.4 Å². The molecule has 1 aliphatic heterocycles. The molecular formula is C23H27N3O. The minimum atomic E-state index is 0.355. The van der Waals surface area contributed by atoms with Gasteiger partial charge in [0, 0.05) is 37.0 Å². The van der Waals surface area contributed by atoms with E-state index >= 15 is 0 Å². The monoisotopic (exact) mass is 361 g/mol. The summed E-state index contributed by atoms with van der Waals surface area (Å²) in [5, 5.41) is 4.91. The van der Waals surface area contributed by atoms with Crippen molar-refractivity contribution in [3.8, 4) is 16.9 Å². The molecule has 0 saturated carbocycles. The maximum absolute atomic E-state index is 5.91. The molecular weight excluding hydrogens is 334 g/mol. The van der Waals surface area contributed by atoms with Crippen molar-refractivity contribution in [1.82, 2.24) is 14.7 Å². The van der Waals surface area contributed by atoms with E-state index in [1.807, 2.05) is 28.9 Å². The Morgan fingerprint density at radius 3 is 2.48 bits per heavy atom. The number of nitrogens with zero attached hydrogens (tertiary/aromatic N) is 3. The molecule has 4 rings (SSSR count). The van der Waals surface area contributed by atoms with E-state index in [4.69, 9.17) is 9.84 Å². The first kappa shape index (κ1) is 18.0. The smallest absolute Gasteiger partial charge is 0.0972 e. The predicted molar refractivity (Wildman–Crippen MR) is 109 cm³/mol. The van der Waals surface area contributed by atoms with E-state index in [1.54, 1.807) is 0 Å². The molecule has 140 valence electrons. The molecule has 0 radical (unpaired) electrons. The van der Waals surface area contributed by atoms with Gasteiger partial charge in [0.25, 0.3) is 0 Å². The maximum atomic E-state index is 5.91. The number of benzene rings is 2. The summed E-state index contributed by atoms with van der Waals surface area (Å²) >= 11 is 0. The second-order valence-corrected chi connectivity index (χ2v) is 7.33. The van der Waals surface area contributed by atoms with Crippen molar-refractivity contribution >= 4 is 0 Å². The summed E-state index contributed by atoms with van der Waals surface area (Å²) in [6, 6.07) is 20.7. The first-order valence-corrected chi connectivity index (χ1v) is 9.79. The molecule has 1 aromatic heterocycles. The second kappa shape index (κ2) is 8.51. The van der Waals surface area contributed by atoms with E-state index in [0.717, 1.165) is 36.6 Å². The van der Waals surface area contributed by atoms with Crippen LogP contribution in [0.4, 0.5) is 0 Å². The Kier molecular flexibility index (Phi) is 5.66. The Hall–Kier alpha value is -2.43. The number of rotatable bonds is 6. The number of para-hydroxylation sites is 1. The lowest BCUT2D eigenvalue weighted by molar-refractivity contribution is -0.00257. The maximum Gasteiger partial charge on any atom is 0.0972 e. The lowest BCUT2D eigenvalue weighted by Gasteiger charge is -2.27. The van der Waals surface area contributed by atoms with Crippen molar-refractivity contribution in [2.45, 2.75) is 31.9 Å². The molecule has 0 amide bonds. The molecule has 4 nitrogen and oxygen atoms in total. The predicted octanol–water partition coefficient (Wildman–Crippen LogP) is 4.54. The van der Waals surface area contributed by atoms with Crippen LogP contribution in [-0.4, -0.2) is 41.0 Å². The van der Waals surface area contributed by atoms with E-state index in [0.29, 0.717) is 6.10 Å². The summed E-state index contributed by atoms with van der Waals surface area (Å²) in [4.78, 5) is 2.36. The van der Waals surface area contributed by atoms with E-state index < -0.39 is 0 Å². The fraction of sp³-hybridized carbons (Fsp3) is 0.348. The molecule has 4 heteroatoms. The third kappa shape index (κ3) is 4.46. The van der Waals surface area contributed by atoms with Gasteiger partial charge in [-0.3, -0.25) is 4.90 Å². The summed E-state index contributed by atoms with van der Waals surface area (Å²) in [5.74, 6) is 0. The molecule has 3 aromatic rings. The largest absolute Gasteiger partial charge is 0.377 e. The van der Waals surface area contributed by atoms with Crippen LogP contribution in [0.1, 0.15) is 24.8 Å².